The summed E-state index contributed by atoms with van der Waals surface area (Å²) in [4.78, 5) is 36.4. The monoisotopic (exact) mass is 303 g/mol. The van der Waals surface area contributed by atoms with Gasteiger partial charge in [-0.25, -0.2) is 4.79 Å². The molecule has 1 fully saturated rings. The first-order valence-electron chi connectivity index (χ1n) is 7.40. The van der Waals surface area contributed by atoms with Crippen LogP contribution in [0.15, 0.2) is 24.3 Å². The summed E-state index contributed by atoms with van der Waals surface area (Å²) in [5.41, 5.74) is 5.90. The number of benzene rings is 1. The molecule has 6 nitrogen and oxygen atoms in total. The molecule has 3 N–H and O–H groups in total. The minimum atomic E-state index is -1.10. The SMILES string of the molecule is CCCc1ccc([C@]2(C)NC(=O)N(CCC(N)=O)C2=O)cc1. The molecule has 4 amide bonds. The number of imide groups is 1. The lowest BCUT2D eigenvalue weighted by Gasteiger charge is -2.22. The number of aryl methyl sites for hydroxylation is 1. The van der Waals surface area contributed by atoms with E-state index in [1.54, 1.807) is 6.92 Å². The van der Waals surface area contributed by atoms with Crippen molar-refractivity contribution in [1.82, 2.24) is 10.2 Å². The van der Waals surface area contributed by atoms with Crippen LogP contribution < -0.4 is 11.1 Å². The smallest absolute Gasteiger partial charge is 0.325 e. The summed E-state index contributed by atoms with van der Waals surface area (Å²) in [6, 6.07) is 7.17. The second kappa shape index (κ2) is 6.17. The van der Waals surface area contributed by atoms with E-state index in [0.29, 0.717) is 0 Å². The van der Waals surface area contributed by atoms with E-state index in [1.807, 2.05) is 24.3 Å². The Morgan fingerprint density at radius 2 is 1.91 bits per heavy atom. The molecule has 22 heavy (non-hydrogen) atoms. The average molecular weight is 303 g/mol. The highest BCUT2D eigenvalue weighted by Gasteiger charge is 2.48. The van der Waals surface area contributed by atoms with Crippen molar-refractivity contribution in [2.75, 3.05) is 6.54 Å². The van der Waals surface area contributed by atoms with Gasteiger partial charge in [-0.15, -0.1) is 0 Å². The highest BCUT2D eigenvalue weighted by Crippen LogP contribution is 2.29. The third-order valence-corrected chi connectivity index (χ3v) is 3.93. The molecule has 1 aliphatic heterocycles. The molecule has 0 bridgehead atoms. The number of nitrogens with one attached hydrogen (secondary N) is 1. The Bertz CT molecular complexity index is 597. The van der Waals surface area contributed by atoms with E-state index in [0.717, 1.165) is 23.3 Å². The van der Waals surface area contributed by atoms with Gasteiger partial charge in [0.15, 0.2) is 0 Å². The van der Waals surface area contributed by atoms with E-state index in [9.17, 15) is 14.4 Å². The third-order valence-electron chi connectivity index (χ3n) is 3.93. The van der Waals surface area contributed by atoms with Gasteiger partial charge >= 0.3 is 6.03 Å². The summed E-state index contributed by atoms with van der Waals surface area (Å²) in [7, 11) is 0. The Hall–Kier alpha value is -2.37. The zero-order valence-electron chi connectivity index (χ0n) is 12.9. The van der Waals surface area contributed by atoms with Gasteiger partial charge in [0.1, 0.15) is 5.54 Å². The first-order chi connectivity index (χ1) is 10.4. The van der Waals surface area contributed by atoms with Crippen molar-refractivity contribution in [3.8, 4) is 0 Å². The molecule has 1 atom stereocenters. The molecular weight excluding hydrogens is 282 g/mol. The van der Waals surface area contributed by atoms with Crippen molar-refractivity contribution in [3.05, 3.63) is 35.4 Å². The van der Waals surface area contributed by atoms with Gasteiger partial charge < -0.3 is 11.1 Å². The van der Waals surface area contributed by atoms with Crippen LogP contribution in [-0.2, 0) is 21.5 Å². The molecule has 1 saturated heterocycles. The molecule has 1 heterocycles. The largest absolute Gasteiger partial charge is 0.370 e. The van der Waals surface area contributed by atoms with Crippen molar-refractivity contribution in [2.45, 2.75) is 38.6 Å². The first-order valence-corrected chi connectivity index (χ1v) is 7.40. The van der Waals surface area contributed by atoms with Gasteiger partial charge in [-0.2, -0.15) is 0 Å². The minimum Gasteiger partial charge on any atom is -0.370 e. The van der Waals surface area contributed by atoms with E-state index in [-0.39, 0.29) is 18.9 Å². The molecule has 118 valence electrons. The Labute approximate surface area is 129 Å². The fourth-order valence-corrected chi connectivity index (χ4v) is 2.61. The van der Waals surface area contributed by atoms with Gasteiger partial charge in [0.05, 0.1) is 0 Å². The highest BCUT2D eigenvalue weighted by molar-refractivity contribution is 6.07. The van der Waals surface area contributed by atoms with Crippen LogP contribution in [0.2, 0.25) is 0 Å². The van der Waals surface area contributed by atoms with E-state index in [4.69, 9.17) is 5.73 Å². The van der Waals surface area contributed by atoms with Gasteiger partial charge in [-0.05, 0) is 24.5 Å². The Morgan fingerprint density at radius 1 is 1.27 bits per heavy atom. The topological polar surface area (TPSA) is 92.5 Å². The predicted octanol–water partition coefficient (Wildman–Crippen LogP) is 1.28. The lowest BCUT2D eigenvalue weighted by molar-refractivity contribution is -0.131. The van der Waals surface area contributed by atoms with E-state index < -0.39 is 17.5 Å². The van der Waals surface area contributed by atoms with Crippen LogP contribution in [0.5, 0.6) is 0 Å². The van der Waals surface area contributed by atoms with Crippen LogP contribution >= 0.6 is 0 Å². The summed E-state index contributed by atoms with van der Waals surface area (Å²) < 4.78 is 0. The van der Waals surface area contributed by atoms with Crippen molar-refractivity contribution in [2.24, 2.45) is 5.73 Å². The Balaban J connectivity index is 2.20. The molecule has 0 aromatic heterocycles. The van der Waals surface area contributed by atoms with Crippen LogP contribution in [0.4, 0.5) is 4.79 Å². The standard InChI is InChI=1S/C16H21N3O3/c1-3-4-11-5-7-12(8-6-11)16(2)14(21)19(15(22)18-16)10-9-13(17)20/h5-8H,3-4,9-10H2,1-2H3,(H2,17,20)(H,18,22)/t16-/m0/s1. The normalized spacial score (nSPS) is 21.1. The lowest BCUT2D eigenvalue weighted by Crippen LogP contribution is -2.41. The number of carbonyl (C=O) groups is 3. The summed E-state index contributed by atoms with van der Waals surface area (Å²) in [5, 5.41) is 2.71. The molecule has 0 radical (unpaired) electrons. The zero-order chi connectivity index (χ0) is 16.3. The van der Waals surface area contributed by atoms with Gasteiger partial charge in [-0.1, -0.05) is 37.6 Å². The number of carbonyl (C=O) groups excluding carboxylic acids is 3. The van der Waals surface area contributed by atoms with Crippen LogP contribution in [0.1, 0.15) is 37.8 Å². The minimum absolute atomic E-state index is 0.00348. The van der Waals surface area contributed by atoms with Crippen LogP contribution in [-0.4, -0.2) is 29.3 Å². The number of hydrogen-bond donors (Lipinski definition) is 2. The fourth-order valence-electron chi connectivity index (χ4n) is 2.61. The Kier molecular flexibility index (Phi) is 4.49. The van der Waals surface area contributed by atoms with E-state index >= 15 is 0 Å². The number of amides is 4. The van der Waals surface area contributed by atoms with Gasteiger partial charge in [0.25, 0.3) is 5.91 Å². The lowest BCUT2D eigenvalue weighted by atomic mass is 9.91. The second-order valence-corrected chi connectivity index (χ2v) is 5.68. The molecular formula is C16H21N3O3. The molecule has 1 aliphatic rings. The van der Waals surface area contributed by atoms with Crippen LogP contribution in [0.25, 0.3) is 0 Å². The van der Waals surface area contributed by atoms with Crippen molar-refractivity contribution >= 4 is 17.8 Å². The van der Waals surface area contributed by atoms with Crippen molar-refractivity contribution in [1.29, 1.82) is 0 Å². The van der Waals surface area contributed by atoms with Gasteiger partial charge in [0, 0.05) is 13.0 Å². The number of primary amides is 1. The molecule has 1 aromatic rings. The Morgan fingerprint density at radius 3 is 2.45 bits per heavy atom. The number of nitrogens with zero attached hydrogens (tertiary/aromatic N) is 1. The number of hydrogen-bond acceptors (Lipinski definition) is 3. The molecule has 0 aliphatic carbocycles. The number of urea groups is 1. The number of rotatable bonds is 6. The maximum atomic E-state index is 12.6. The molecule has 0 saturated carbocycles. The molecule has 2 rings (SSSR count). The quantitative estimate of drug-likeness (QED) is 0.775. The maximum absolute atomic E-state index is 12.6. The van der Waals surface area contributed by atoms with Gasteiger partial charge in [-0.3, -0.25) is 14.5 Å². The molecule has 0 spiro atoms. The summed E-state index contributed by atoms with van der Waals surface area (Å²) in [5.74, 6) is -0.903. The predicted molar refractivity (Wildman–Crippen MR) is 81.8 cm³/mol. The summed E-state index contributed by atoms with van der Waals surface area (Å²) in [6.45, 7) is 3.78. The molecule has 6 heteroatoms. The van der Waals surface area contributed by atoms with Crippen LogP contribution in [0.3, 0.4) is 0 Å². The molecule has 0 unspecified atom stereocenters. The van der Waals surface area contributed by atoms with Crippen LogP contribution in [0, 0.1) is 0 Å². The van der Waals surface area contributed by atoms with Gasteiger partial charge in [0.2, 0.25) is 5.91 Å². The zero-order valence-corrected chi connectivity index (χ0v) is 12.9. The molecule has 1 aromatic carbocycles. The second-order valence-electron chi connectivity index (χ2n) is 5.68. The van der Waals surface area contributed by atoms with E-state index in [2.05, 4.69) is 12.2 Å². The highest BCUT2D eigenvalue weighted by atomic mass is 16.2. The first kappa shape index (κ1) is 16.0. The van der Waals surface area contributed by atoms with Crippen molar-refractivity contribution in [3.63, 3.8) is 0 Å². The third kappa shape index (κ3) is 2.95. The maximum Gasteiger partial charge on any atom is 0.325 e. The van der Waals surface area contributed by atoms with Crippen molar-refractivity contribution < 1.29 is 14.4 Å². The summed E-state index contributed by atoms with van der Waals surface area (Å²) in [6.07, 6.45) is 1.99. The van der Waals surface area contributed by atoms with E-state index in [1.165, 1.54) is 5.56 Å². The fraction of sp³-hybridized carbons (Fsp3) is 0.438. The average Bonchev–Trinajstić information content (AvgIpc) is 2.69. The number of nitrogens with two attached hydrogens (primary N) is 1. The summed E-state index contributed by atoms with van der Waals surface area (Å²) >= 11 is 0.